The molecule has 0 spiro atoms. The molecule has 1 atom stereocenters. The van der Waals surface area contributed by atoms with Crippen molar-refractivity contribution in [3.8, 4) is 28.2 Å². The zero-order valence-corrected chi connectivity index (χ0v) is 24.8. The zero-order valence-electron chi connectivity index (χ0n) is 22.5. The standard InChI is InChI=1S/C28H23Cl3N8O4/c1-43-11-10-37(28(41)42)17-5-2-15(3-6-17)25-26(31)34-27(33-25)21-8-9-23-32-19(13-24(40)39(21)23)18-12-16(29)4-7-20(18)38-14-22(30)35-36-38/h2-7,12-14,21H,8-11H2,1H3,(H,33,34)(H,41,42)/t21-/m0/s1. The first-order chi connectivity index (χ1) is 20.7. The van der Waals surface area contributed by atoms with Crippen LogP contribution in [-0.2, 0) is 11.2 Å². The number of amides is 1. The second kappa shape index (κ2) is 11.8. The number of nitrogens with zero attached hydrogens (tertiary/aromatic N) is 7. The summed E-state index contributed by atoms with van der Waals surface area (Å²) in [6.07, 6.45) is 1.59. The third kappa shape index (κ3) is 5.62. The maximum Gasteiger partial charge on any atom is 0.411 e. The topological polar surface area (TPSA) is 144 Å². The fraction of sp³-hybridized carbons (Fsp3) is 0.214. The largest absolute Gasteiger partial charge is 0.465 e. The highest BCUT2D eigenvalue weighted by Crippen LogP contribution is 2.35. The summed E-state index contributed by atoms with van der Waals surface area (Å²) in [5.74, 6) is 1.12. The van der Waals surface area contributed by atoms with Crippen molar-refractivity contribution in [1.29, 1.82) is 0 Å². The number of aromatic amines is 1. The molecule has 3 aromatic heterocycles. The minimum absolute atomic E-state index is 0.192. The van der Waals surface area contributed by atoms with E-state index in [0.29, 0.717) is 68.6 Å². The molecular formula is C28H23Cl3N8O4. The number of nitrogens with one attached hydrogen (secondary N) is 1. The molecule has 2 N–H and O–H groups in total. The minimum atomic E-state index is -1.08. The molecule has 0 bridgehead atoms. The first-order valence-electron chi connectivity index (χ1n) is 13.1. The van der Waals surface area contributed by atoms with Gasteiger partial charge in [0, 0.05) is 41.4 Å². The fourth-order valence-corrected chi connectivity index (χ4v) is 5.70. The number of halogens is 3. The van der Waals surface area contributed by atoms with Crippen LogP contribution in [0.2, 0.25) is 15.3 Å². The normalized spacial score (nSPS) is 14.2. The molecule has 0 unspecified atom stereocenters. The summed E-state index contributed by atoms with van der Waals surface area (Å²) in [5.41, 5.74) is 3.08. The maximum atomic E-state index is 13.5. The van der Waals surface area contributed by atoms with E-state index < -0.39 is 12.1 Å². The Morgan fingerprint density at radius 2 is 1.93 bits per heavy atom. The van der Waals surface area contributed by atoms with Crippen molar-refractivity contribution in [3.05, 3.63) is 92.1 Å². The lowest BCUT2D eigenvalue weighted by atomic mass is 10.1. The van der Waals surface area contributed by atoms with Crippen molar-refractivity contribution < 1.29 is 14.6 Å². The average molecular weight is 642 g/mol. The number of hydrogen-bond donors (Lipinski definition) is 2. The van der Waals surface area contributed by atoms with Gasteiger partial charge < -0.3 is 14.8 Å². The number of benzene rings is 2. The number of methoxy groups -OCH3 is 1. The molecule has 220 valence electrons. The molecule has 0 radical (unpaired) electrons. The summed E-state index contributed by atoms with van der Waals surface area (Å²) in [7, 11) is 1.51. The van der Waals surface area contributed by atoms with Gasteiger partial charge in [-0.1, -0.05) is 52.1 Å². The second-order valence-corrected chi connectivity index (χ2v) is 10.9. The van der Waals surface area contributed by atoms with Gasteiger partial charge >= 0.3 is 6.09 Å². The third-order valence-corrected chi connectivity index (χ3v) is 7.80. The van der Waals surface area contributed by atoms with E-state index in [2.05, 4.69) is 15.3 Å². The van der Waals surface area contributed by atoms with Crippen LogP contribution in [0.15, 0.2) is 59.5 Å². The van der Waals surface area contributed by atoms with Crippen LogP contribution in [0.5, 0.6) is 0 Å². The Kier molecular flexibility index (Phi) is 7.93. The van der Waals surface area contributed by atoms with Gasteiger partial charge in [-0.05, 0) is 36.8 Å². The van der Waals surface area contributed by atoms with Gasteiger partial charge in [0.05, 0.1) is 36.8 Å². The number of rotatable bonds is 8. The van der Waals surface area contributed by atoms with Crippen LogP contribution in [0.1, 0.15) is 24.1 Å². The molecule has 1 aliphatic rings. The van der Waals surface area contributed by atoms with Gasteiger partial charge in [0.1, 0.15) is 22.5 Å². The number of aryl methyl sites for hydroxylation is 1. The Hall–Kier alpha value is -4.23. The van der Waals surface area contributed by atoms with Gasteiger partial charge in [-0.15, -0.1) is 5.10 Å². The lowest BCUT2D eigenvalue weighted by molar-refractivity contribution is 0.186. The molecule has 1 aliphatic heterocycles. The van der Waals surface area contributed by atoms with E-state index in [0.717, 1.165) is 0 Å². The molecule has 1 amide bonds. The third-order valence-electron chi connectivity index (χ3n) is 7.12. The number of anilines is 1. The summed E-state index contributed by atoms with van der Waals surface area (Å²) in [4.78, 5) is 39.1. The van der Waals surface area contributed by atoms with Gasteiger partial charge in [0.25, 0.3) is 5.56 Å². The van der Waals surface area contributed by atoms with Crippen LogP contribution in [-0.4, -0.2) is 66.0 Å². The van der Waals surface area contributed by atoms with Crippen LogP contribution in [0.4, 0.5) is 10.5 Å². The van der Waals surface area contributed by atoms with Gasteiger partial charge in [-0.25, -0.2) is 19.4 Å². The molecule has 15 heteroatoms. The van der Waals surface area contributed by atoms with Crippen LogP contribution >= 0.6 is 34.8 Å². The van der Waals surface area contributed by atoms with E-state index >= 15 is 0 Å². The molecule has 0 aliphatic carbocycles. The maximum absolute atomic E-state index is 13.5. The summed E-state index contributed by atoms with van der Waals surface area (Å²) < 4.78 is 8.13. The zero-order chi connectivity index (χ0) is 30.2. The number of aromatic nitrogens is 7. The van der Waals surface area contributed by atoms with Crippen molar-refractivity contribution in [3.63, 3.8) is 0 Å². The molecule has 0 saturated heterocycles. The minimum Gasteiger partial charge on any atom is -0.465 e. The highest BCUT2D eigenvalue weighted by molar-refractivity contribution is 6.32. The Morgan fingerprint density at radius 3 is 2.63 bits per heavy atom. The average Bonchev–Trinajstić information content (AvgIpc) is 3.71. The molecule has 12 nitrogen and oxygen atoms in total. The molecular weight excluding hydrogens is 619 g/mol. The Morgan fingerprint density at radius 1 is 1.14 bits per heavy atom. The summed E-state index contributed by atoms with van der Waals surface area (Å²) in [6, 6.07) is 13.1. The lowest BCUT2D eigenvalue weighted by Crippen LogP contribution is -2.32. The van der Waals surface area contributed by atoms with Gasteiger partial charge in [-0.3, -0.25) is 14.3 Å². The van der Waals surface area contributed by atoms with Crippen molar-refractivity contribution in [2.75, 3.05) is 25.2 Å². The number of fused-ring (bicyclic) bond motifs is 1. The lowest BCUT2D eigenvalue weighted by Gasteiger charge is -2.19. The smallest absolute Gasteiger partial charge is 0.411 e. The number of ether oxygens (including phenoxy) is 1. The highest BCUT2D eigenvalue weighted by atomic mass is 35.5. The van der Waals surface area contributed by atoms with Crippen LogP contribution in [0.3, 0.4) is 0 Å². The second-order valence-electron chi connectivity index (χ2n) is 9.73. The van der Waals surface area contributed by atoms with Crippen molar-refractivity contribution in [2.24, 2.45) is 0 Å². The first-order valence-corrected chi connectivity index (χ1v) is 14.2. The van der Waals surface area contributed by atoms with Crippen LogP contribution in [0, 0.1) is 0 Å². The monoisotopic (exact) mass is 640 g/mol. The molecule has 6 rings (SSSR count). The fourth-order valence-electron chi connectivity index (χ4n) is 5.15. The number of carbonyl (C=O) groups is 1. The summed E-state index contributed by atoms with van der Waals surface area (Å²) in [5, 5.41) is 18.4. The van der Waals surface area contributed by atoms with Gasteiger partial charge in [0.2, 0.25) is 0 Å². The van der Waals surface area contributed by atoms with Crippen LogP contribution < -0.4 is 10.5 Å². The summed E-state index contributed by atoms with van der Waals surface area (Å²) in [6.45, 7) is 0.454. The van der Waals surface area contributed by atoms with Crippen molar-refractivity contribution in [2.45, 2.75) is 18.9 Å². The summed E-state index contributed by atoms with van der Waals surface area (Å²) >= 11 is 18.9. The van der Waals surface area contributed by atoms with Crippen LogP contribution in [0.25, 0.3) is 28.2 Å². The van der Waals surface area contributed by atoms with E-state index in [1.165, 1.54) is 22.8 Å². The molecule has 43 heavy (non-hydrogen) atoms. The molecule has 4 heterocycles. The first kappa shape index (κ1) is 28.9. The Bertz CT molecular complexity index is 1890. The van der Waals surface area contributed by atoms with E-state index in [1.807, 2.05) is 0 Å². The van der Waals surface area contributed by atoms with E-state index in [1.54, 1.807) is 53.2 Å². The van der Waals surface area contributed by atoms with E-state index in [-0.39, 0.29) is 23.9 Å². The van der Waals surface area contributed by atoms with Crippen molar-refractivity contribution >= 4 is 46.6 Å². The predicted molar refractivity (Wildman–Crippen MR) is 162 cm³/mol. The van der Waals surface area contributed by atoms with Gasteiger partial charge in [-0.2, -0.15) is 0 Å². The Labute approximate surface area is 259 Å². The quantitative estimate of drug-likeness (QED) is 0.226. The molecule has 0 saturated carbocycles. The molecule has 5 aromatic rings. The molecule has 2 aromatic carbocycles. The van der Waals surface area contributed by atoms with Crippen molar-refractivity contribution in [1.82, 2.24) is 34.5 Å². The highest BCUT2D eigenvalue weighted by Gasteiger charge is 2.30. The number of carboxylic acid groups (broad SMARTS) is 1. The number of imidazole rings is 1. The number of H-pyrrole nitrogens is 1. The predicted octanol–water partition coefficient (Wildman–Crippen LogP) is 5.51. The SMILES string of the molecule is COCCN(C(=O)O)c1ccc(-c2nc([C@@H]3CCc4nc(-c5cc(Cl)ccc5-n5cc(Cl)nn5)cc(=O)n43)[nH]c2Cl)cc1. The number of hydrogen-bond acceptors (Lipinski definition) is 7. The van der Waals surface area contributed by atoms with Gasteiger partial charge in [0.15, 0.2) is 5.15 Å². The van der Waals surface area contributed by atoms with E-state index in [4.69, 9.17) is 49.5 Å². The Balaban J connectivity index is 1.31. The molecule has 0 fully saturated rings. The van der Waals surface area contributed by atoms with E-state index in [9.17, 15) is 14.7 Å².